The van der Waals surface area contributed by atoms with Crippen molar-refractivity contribution in [3.63, 3.8) is 0 Å². The average molecular weight is 244 g/mol. The Morgan fingerprint density at radius 2 is 2.00 bits per heavy atom. The van der Waals surface area contributed by atoms with Crippen LogP contribution in [-0.2, 0) is 6.42 Å². The maximum Gasteiger partial charge on any atom is 0.138 e. The van der Waals surface area contributed by atoms with Crippen LogP contribution in [0.2, 0.25) is 0 Å². The van der Waals surface area contributed by atoms with E-state index in [4.69, 9.17) is 4.52 Å². The molecule has 2 aromatic rings. The van der Waals surface area contributed by atoms with Crippen molar-refractivity contribution in [2.75, 3.05) is 0 Å². The molecule has 0 spiro atoms. The summed E-state index contributed by atoms with van der Waals surface area (Å²) in [7, 11) is 0. The van der Waals surface area contributed by atoms with Crippen molar-refractivity contribution in [1.29, 1.82) is 5.26 Å². The molecule has 1 unspecified atom stereocenters. The molecular formula is C14H13FN2O. The maximum atomic E-state index is 12.8. The predicted molar refractivity (Wildman–Crippen MR) is 64.4 cm³/mol. The van der Waals surface area contributed by atoms with E-state index in [1.807, 2.05) is 6.92 Å². The zero-order valence-electron chi connectivity index (χ0n) is 10.3. The van der Waals surface area contributed by atoms with Gasteiger partial charge >= 0.3 is 0 Å². The van der Waals surface area contributed by atoms with E-state index in [9.17, 15) is 9.65 Å². The Balaban J connectivity index is 2.26. The van der Waals surface area contributed by atoms with Crippen LogP contribution in [0.15, 0.2) is 28.8 Å². The molecule has 0 saturated heterocycles. The number of aryl methyl sites for hydroxylation is 2. The summed E-state index contributed by atoms with van der Waals surface area (Å²) in [6.07, 6.45) is 0.527. The zero-order valence-corrected chi connectivity index (χ0v) is 10.3. The van der Waals surface area contributed by atoms with Gasteiger partial charge in [-0.2, -0.15) is 5.26 Å². The average Bonchev–Trinajstić information content (AvgIpc) is 2.69. The lowest BCUT2D eigenvalue weighted by molar-refractivity contribution is 0.392. The number of halogens is 1. The first kappa shape index (κ1) is 12.3. The highest BCUT2D eigenvalue weighted by Gasteiger charge is 2.20. The quantitative estimate of drug-likeness (QED) is 0.832. The standard InChI is InChI=1S/C14H13FN2O/c1-9-14(10(2)18-17-9)12(8-16)7-11-3-5-13(15)6-4-11/h3-6,12H,7H2,1-2H3. The van der Waals surface area contributed by atoms with E-state index in [-0.39, 0.29) is 11.7 Å². The van der Waals surface area contributed by atoms with E-state index in [0.717, 1.165) is 16.8 Å². The normalized spacial score (nSPS) is 12.1. The fraction of sp³-hybridized carbons (Fsp3) is 0.286. The Morgan fingerprint density at radius 3 is 2.50 bits per heavy atom. The van der Waals surface area contributed by atoms with Gasteiger partial charge in [0.25, 0.3) is 0 Å². The first-order chi connectivity index (χ1) is 8.61. The topological polar surface area (TPSA) is 49.8 Å². The van der Waals surface area contributed by atoms with Crippen molar-refractivity contribution in [3.05, 3.63) is 52.7 Å². The molecule has 4 heteroatoms. The molecule has 0 bridgehead atoms. The summed E-state index contributed by atoms with van der Waals surface area (Å²) in [6, 6.07) is 8.44. The number of aromatic nitrogens is 1. The van der Waals surface area contributed by atoms with Gasteiger partial charge in [-0.05, 0) is 38.0 Å². The van der Waals surface area contributed by atoms with Crippen LogP contribution in [0.4, 0.5) is 4.39 Å². The first-order valence-electron chi connectivity index (χ1n) is 5.68. The van der Waals surface area contributed by atoms with E-state index in [2.05, 4.69) is 11.2 Å². The van der Waals surface area contributed by atoms with Gasteiger partial charge in [0.15, 0.2) is 0 Å². The summed E-state index contributed by atoms with van der Waals surface area (Å²) in [5.74, 6) is 0.0764. The summed E-state index contributed by atoms with van der Waals surface area (Å²) < 4.78 is 17.9. The van der Waals surface area contributed by atoms with Crippen LogP contribution in [0.1, 0.15) is 28.5 Å². The zero-order chi connectivity index (χ0) is 13.1. The van der Waals surface area contributed by atoms with Crippen LogP contribution in [0.3, 0.4) is 0 Å². The van der Waals surface area contributed by atoms with E-state index in [1.54, 1.807) is 19.1 Å². The second kappa shape index (κ2) is 5.01. The van der Waals surface area contributed by atoms with Gasteiger partial charge in [-0.3, -0.25) is 0 Å². The van der Waals surface area contributed by atoms with E-state index in [0.29, 0.717) is 12.2 Å². The molecule has 3 nitrogen and oxygen atoms in total. The van der Waals surface area contributed by atoms with Gasteiger partial charge in [-0.25, -0.2) is 4.39 Å². The van der Waals surface area contributed by atoms with Crippen molar-refractivity contribution in [1.82, 2.24) is 5.16 Å². The minimum absolute atomic E-state index is 0.274. The second-order valence-electron chi connectivity index (χ2n) is 4.25. The van der Waals surface area contributed by atoms with Gasteiger partial charge in [-0.15, -0.1) is 0 Å². The summed E-state index contributed by atoms with van der Waals surface area (Å²) >= 11 is 0. The molecule has 1 aromatic carbocycles. The summed E-state index contributed by atoms with van der Waals surface area (Å²) in [5, 5.41) is 13.1. The lowest BCUT2D eigenvalue weighted by Gasteiger charge is -2.08. The number of nitrogens with zero attached hydrogens (tertiary/aromatic N) is 2. The Kier molecular flexibility index (Phi) is 3.42. The smallest absolute Gasteiger partial charge is 0.138 e. The third-order valence-electron chi connectivity index (χ3n) is 2.95. The number of nitriles is 1. The van der Waals surface area contributed by atoms with Crippen molar-refractivity contribution < 1.29 is 8.91 Å². The molecule has 0 aliphatic rings. The fourth-order valence-electron chi connectivity index (χ4n) is 2.06. The summed E-state index contributed by atoms with van der Waals surface area (Å²) in [5.41, 5.74) is 2.49. The third-order valence-corrected chi connectivity index (χ3v) is 2.95. The Labute approximate surface area is 105 Å². The highest BCUT2D eigenvalue weighted by atomic mass is 19.1. The largest absolute Gasteiger partial charge is 0.361 e. The molecule has 92 valence electrons. The lowest BCUT2D eigenvalue weighted by Crippen LogP contribution is -2.03. The van der Waals surface area contributed by atoms with Gasteiger partial charge in [0.2, 0.25) is 0 Å². The lowest BCUT2D eigenvalue weighted by atomic mass is 9.92. The Bertz CT molecular complexity index is 561. The molecule has 1 atom stereocenters. The number of rotatable bonds is 3. The Morgan fingerprint density at radius 1 is 1.33 bits per heavy atom. The summed E-state index contributed by atoms with van der Waals surface area (Å²) in [6.45, 7) is 3.62. The fourth-order valence-corrected chi connectivity index (χ4v) is 2.06. The second-order valence-corrected chi connectivity index (χ2v) is 4.25. The molecule has 0 aliphatic carbocycles. The monoisotopic (exact) mass is 244 g/mol. The predicted octanol–water partition coefficient (Wildman–Crippen LogP) is 3.28. The molecule has 0 amide bonds. The van der Waals surface area contributed by atoms with Gasteiger partial charge in [0, 0.05) is 5.56 Å². The Hall–Kier alpha value is -2.15. The van der Waals surface area contributed by atoms with Gasteiger partial charge in [0.05, 0.1) is 17.7 Å². The van der Waals surface area contributed by atoms with Crippen molar-refractivity contribution >= 4 is 0 Å². The molecular weight excluding hydrogens is 231 g/mol. The van der Waals surface area contributed by atoms with Crippen molar-refractivity contribution in [3.8, 4) is 6.07 Å². The highest BCUT2D eigenvalue weighted by molar-refractivity contribution is 5.33. The van der Waals surface area contributed by atoms with Crippen LogP contribution >= 0.6 is 0 Å². The van der Waals surface area contributed by atoms with Crippen LogP contribution in [0.5, 0.6) is 0 Å². The maximum absolute atomic E-state index is 12.8. The number of hydrogen-bond acceptors (Lipinski definition) is 3. The van der Waals surface area contributed by atoms with Crippen LogP contribution in [0.25, 0.3) is 0 Å². The molecule has 0 N–H and O–H groups in total. The van der Waals surface area contributed by atoms with Crippen LogP contribution in [0, 0.1) is 31.0 Å². The highest BCUT2D eigenvalue weighted by Crippen LogP contribution is 2.26. The molecule has 0 aliphatic heterocycles. The van der Waals surface area contributed by atoms with E-state index >= 15 is 0 Å². The molecule has 0 saturated carbocycles. The molecule has 2 rings (SSSR count). The molecule has 18 heavy (non-hydrogen) atoms. The number of benzene rings is 1. The molecule has 0 radical (unpaired) electrons. The van der Waals surface area contributed by atoms with Crippen molar-refractivity contribution in [2.45, 2.75) is 26.2 Å². The van der Waals surface area contributed by atoms with Gasteiger partial charge in [0.1, 0.15) is 11.6 Å². The van der Waals surface area contributed by atoms with E-state index in [1.165, 1.54) is 12.1 Å². The summed E-state index contributed by atoms with van der Waals surface area (Å²) in [4.78, 5) is 0. The first-order valence-corrected chi connectivity index (χ1v) is 5.68. The van der Waals surface area contributed by atoms with Crippen molar-refractivity contribution in [2.24, 2.45) is 0 Å². The number of hydrogen-bond donors (Lipinski definition) is 0. The molecule has 0 fully saturated rings. The van der Waals surface area contributed by atoms with Gasteiger partial charge in [-0.1, -0.05) is 17.3 Å². The third kappa shape index (κ3) is 2.40. The van der Waals surface area contributed by atoms with E-state index < -0.39 is 0 Å². The minimum Gasteiger partial charge on any atom is -0.361 e. The van der Waals surface area contributed by atoms with Crippen LogP contribution < -0.4 is 0 Å². The molecule has 1 aromatic heterocycles. The van der Waals surface area contributed by atoms with Gasteiger partial charge < -0.3 is 4.52 Å². The van der Waals surface area contributed by atoms with Crippen LogP contribution in [-0.4, -0.2) is 5.16 Å². The molecule has 1 heterocycles. The minimum atomic E-state index is -0.318. The SMILES string of the molecule is Cc1noc(C)c1C(C#N)Cc1ccc(F)cc1.